The minimum atomic E-state index is -0.168. The van der Waals surface area contributed by atoms with Crippen LogP contribution in [0.2, 0.25) is 0 Å². The van der Waals surface area contributed by atoms with Gasteiger partial charge in [0.25, 0.3) is 5.91 Å². The van der Waals surface area contributed by atoms with E-state index in [9.17, 15) is 4.79 Å². The molecule has 1 amide bonds. The first-order valence-electron chi connectivity index (χ1n) is 8.84. The maximum absolute atomic E-state index is 12.5. The van der Waals surface area contributed by atoms with E-state index in [0.29, 0.717) is 18.8 Å². The average Bonchev–Trinajstić information content (AvgIpc) is 3.17. The molecule has 4 N–H and O–H groups in total. The van der Waals surface area contributed by atoms with E-state index in [4.69, 9.17) is 9.47 Å². The summed E-state index contributed by atoms with van der Waals surface area (Å²) in [4.78, 5) is 12.5. The van der Waals surface area contributed by atoms with Gasteiger partial charge in [0.15, 0.2) is 11.5 Å². The lowest BCUT2D eigenvalue weighted by Gasteiger charge is -2.34. The van der Waals surface area contributed by atoms with E-state index in [1.807, 2.05) is 42.5 Å². The molecule has 3 unspecified atom stereocenters. The predicted octanol–water partition coefficient (Wildman–Crippen LogP) is 1.40. The number of carbonyl (C=O) groups excluding carboxylic acids is 1. The van der Waals surface area contributed by atoms with Gasteiger partial charge in [0.1, 0.15) is 19.4 Å². The molecular weight excluding hydrogens is 332 g/mol. The molecule has 3 aliphatic rings. The number of fused-ring (bicyclic) bond motifs is 2. The van der Waals surface area contributed by atoms with Crippen molar-refractivity contribution in [3.05, 3.63) is 53.6 Å². The maximum atomic E-state index is 12.5. The van der Waals surface area contributed by atoms with Crippen LogP contribution in [0.1, 0.15) is 22.0 Å². The van der Waals surface area contributed by atoms with Crippen molar-refractivity contribution in [2.75, 3.05) is 25.1 Å². The number of anilines is 1. The van der Waals surface area contributed by atoms with Crippen molar-refractivity contribution in [2.45, 2.75) is 12.2 Å². The number of hydrogen-bond donors (Lipinski definition) is 4. The van der Waals surface area contributed by atoms with E-state index in [0.717, 1.165) is 29.3 Å². The van der Waals surface area contributed by atoms with Gasteiger partial charge in [0.05, 0.1) is 11.6 Å². The summed E-state index contributed by atoms with van der Waals surface area (Å²) in [5.41, 5.74) is 9.20. The van der Waals surface area contributed by atoms with Crippen LogP contribution < -0.4 is 31.0 Å². The van der Waals surface area contributed by atoms with Crippen LogP contribution in [0.25, 0.3) is 0 Å². The van der Waals surface area contributed by atoms with Crippen LogP contribution in [-0.4, -0.2) is 31.8 Å². The molecule has 0 radical (unpaired) electrons. The van der Waals surface area contributed by atoms with E-state index in [2.05, 4.69) is 21.5 Å². The Kier molecular flexibility index (Phi) is 3.69. The Labute approximate surface area is 151 Å². The summed E-state index contributed by atoms with van der Waals surface area (Å²) in [5.74, 6) is 1.64. The van der Waals surface area contributed by atoms with Gasteiger partial charge in [-0.3, -0.25) is 10.2 Å². The smallest absolute Gasteiger partial charge is 0.254 e. The minimum Gasteiger partial charge on any atom is -0.486 e. The molecule has 0 spiro atoms. The lowest BCUT2D eigenvalue weighted by Crippen LogP contribution is -2.51. The Morgan fingerprint density at radius 2 is 1.81 bits per heavy atom. The number of amides is 1. The highest BCUT2D eigenvalue weighted by Crippen LogP contribution is 2.36. The van der Waals surface area contributed by atoms with Crippen molar-refractivity contribution in [3.63, 3.8) is 0 Å². The molecule has 1 saturated heterocycles. The summed E-state index contributed by atoms with van der Waals surface area (Å²) in [6.45, 7) is 1.88. The van der Waals surface area contributed by atoms with Gasteiger partial charge in [-0.25, -0.2) is 5.43 Å². The van der Waals surface area contributed by atoms with E-state index in [-0.39, 0.29) is 24.0 Å². The number of benzene rings is 2. The molecule has 0 saturated carbocycles. The molecule has 134 valence electrons. The Hall–Kier alpha value is -2.77. The summed E-state index contributed by atoms with van der Waals surface area (Å²) in [6.07, 6.45) is -0.168. The number of rotatable bonds is 2. The zero-order chi connectivity index (χ0) is 17.5. The summed E-state index contributed by atoms with van der Waals surface area (Å²) in [7, 11) is 0. The van der Waals surface area contributed by atoms with Gasteiger partial charge in [-0.1, -0.05) is 18.2 Å². The Morgan fingerprint density at radius 3 is 2.73 bits per heavy atom. The molecule has 3 heterocycles. The molecule has 3 aliphatic heterocycles. The van der Waals surface area contributed by atoms with Crippen LogP contribution >= 0.6 is 0 Å². The second-order valence-corrected chi connectivity index (χ2v) is 6.71. The van der Waals surface area contributed by atoms with E-state index in [1.165, 1.54) is 0 Å². The Balaban J connectivity index is 1.42. The lowest BCUT2D eigenvalue weighted by molar-refractivity contribution is 0.0921. The van der Waals surface area contributed by atoms with Crippen LogP contribution in [0.15, 0.2) is 42.5 Å². The second-order valence-electron chi connectivity index (χ2n) is 6.71. The fraction of sp³-hybridized carbons (Fsp3) is 0.316. The van der Waals surface area contributed by atoms with Gasteiger partial charge < -0.3 is 20.1 Å². The topological polar surface area (TPSA) is 83.7 Å². The fourth-order valence-corrected chi connectivity index (χ4v) is 3.85. The number of ether oxygens (including phenoxy) is 2. The molecule has 1 fully saturated rings. The number of carbonyl (C=O) groups is 1. The summed E-state index contributed by atoms with van der Waals surface area (Å²) < 4.78 is 11.3. The number of hydrogen-bond acceptors (Lipinski definition) is 6. The SMILES string of the molecule is O=C1NC(C2CNNC2c2ccc3c(c2)OCCO3)Nc2ccccc21. The predicted molar refractivity (Wildman–Crippen MR) is 96.1 cm³/mol. The van der Waals surface area contributed by atoms with E-state index < -0.39 is 0 Å². The first kappa shape index (κ1) is 15.5. The van der Waals surface area contributed by atoms with Crippen LogP contribution in [0, 0.1) is 5.92 Å². The first-order valence-corrected chi connectivity index (χ1v) is 8.84. The van der Waals surface area contributed by atoms with Crippen LogP contribution in [0.3, 0.4) is 0 Å². The monoisotopic (exact) mass is 352 g/mol. The quantitative estimate of drug-likeness (QED) is 0.654. The van der Waals surface area contributed by atoms with Gasteiger partial charge in [-0.15, -0.1) is 0 Å². The highest BCUT2D eigenvalue weighted by atomic mass is 16.6. The molecule has 7 heteroatoms. The largest absolute Gasteiger partial charge is 0.486 e. The van der Waals surface area contributed by atoms with Gasteiger partial charge in [-0.05, 0) is 29.8 Å². The normalized spacial score (nSPS) is 26.6. The van der Waals surface area contributed by atoms with Crippen molar-refractivity contribution < 1.29 is 14.3 Å². The van der Waals surface area contributed by atoms with Crippen molar-refractivity contribution in [3.8, 4) is 11.5 Å². The zero-order valence-corrected chi connectivity index (χ0v) is 14.1. The van der Waals surface area contributed by atoms with Gasteiger partial charge in [-0.2, -0.15) is 0 Å². The summed E-state index contributed by atoms with van der Waals surface area (Å²) in [5, 5.41) is 6.55. The molecule has 5 rings (SSSR count). The Morgan fingerprint density at radius 1 is 0.962 bits per heavy atom. The molecule has 3 atom stereocenters. The van der Waals surface area contributed by atoms with E-state index in [1.54, 1.807) is 0 Å². The van der Waals surface area contributed by atoms with Crippen LogP contribution in [0.5, 0.6) is 11.5 Å². The third-order valence-corrected chi connectivity index (χ3v) is 5.15. The fourth-order valence-electron chi connectivity index (χ4n) is 3.85. The molecule has 26 heavy (non-hydrogen) atoms. The van der Waals surface area contributed by atoms with Crippen molar-refractivity contribution in [2.24, 2.45) is 5.92 Å². The van der Waals surface area contributed by atoms with Crippen molar-refractivity contribution >= 4 is 11.6 Å². The first-order chi connectivity index (χ1) is 12.8. The standard InChI is InChI=1S/C19H20N4O3/c24-19-12-3-1-2-4-14(12)21-18(22-19)13-10-20-23-17(13)11-5-6-15-16(9-11)26-8-7-25-15/h1-6,9,13,17-18,20-21,23H,7-8,10H2,(H,22,24). The minimum absolute atomic E-state index is 0.0360. The molecule has 2 aromatic rings. The number of hydrazine groups is 1. The van der Waals surface area contributed by atoms with E-state index >= 15 is 0 Å². The summed E-state index contributed by atoms with van der Waals surface area (Å²) in [6, 6.07) is 13.6. The molecular formula is C19H20N4O3. The lowest BCUT2D eigenvalue weighted by atomic mass is 9.90. The summed E-state index contributed by atoms with van der Waals surface area (Å²) >= 11 is 0. The third-order valence-electron chi connectivity index (χ3n) is 5.15. The highest BCUT2D eigenvalue weighted by Gasteiger charge is 2.38. The molecule has 7 nitrogen and oxygen atoms in total. The zero-order valence-electron chi connectivity index (χ0n) is 14.1. The van der Waals surface area contributed by atoms with Gasteiger partial charge in [0, 0.05) is 18.2 Å². The second kappa shape index (κ2) is 6.19. The molecule has 0 aromatic heterocycles. The Bertz CT molecular complexity index is 856. The van der Waals surface area contributed by atoms with Gasteiger partial charge in [0.2, 0.25) is 0 Å². The van der Waals surface area contributed by atoms with Crippen molar-refractivity contribution in [1.29, 1.82) is 0 Å². The van der Waals surface area contributed by atoms with Crippen molar-refractivity contribution in [1.82, 2.24) is 16.2 Å². The molecule has 2 aromatic carbocycles. The highest BCUT2D eigenvalue weighted by molar-refractivity contribution is 6.01. The maximum Gasteiger partial charge on any atom is 0.254 e. The van der Waals surface area contributed by atoms with Crippen LogP contribution in [0.4, 0.5) is 5.69 Å². The molecule has 0 bridgehead atoms. The van der Waals surface area contributed by atoms with Crippen LogP contribution in [-0.2, 0) is 0 Å². The molecule has 0 aliphatic carbocycles. The van der Waals surface area contributed by atoms with Gasteiger partial charge >= 0.3 is 0 Å². The number of para-hydroxylation sites is 1. The number of nitrogens with one attached hydrogen (secondary N) is 4. The average molecular weight is 352 g/mol. The third kappa shape index (κ3) is 2.56.